The molecule has 144 valence electrons. The second kappa shape index (κ2) is 7.50. The zero-order valence-electron chi connectivity index (χ0n) is 13.4. The van der Waals surface area contributed by atoms with Crippen LogP contribution in [-0.2, 0) is 4.74 Å². The highest BCUT2D eigenvalue weighted by atomic mass is 19.2. The van der Waals surface area contributed by atoms with Crippen LogP contribution in [0.3, 0.4) is 0 Å². The fourth-order valence-corrected chi connectivity index (χ4v) is 2.80. The van der Waals surface area contributed by atoms with Crippen LogP contribution in [0.15, 0.2) is 23.4 Å². The molecule has 0 bridgehead atoms. The van der Waals surface area contributed by atoms with Gasteiger partial charge in [-0.2, -0.15) is 0 Å². The van der Waals surface area contributed by atoms with Crippen LogP contribution in [0.4, 0.5) is 13.2 Å². The predicted molar refractivity (Wildman–Crippen MR) is 81.3 cm³/mol. The molecule has 0 aliphatic carbocycles. The Bertz CT molecular complexity index is 866. The van der Waals surface area contributed by atoms with Gasteiger partial charge in [-0.25, -0.2) is 17.9 Å². The summed E-state index contributed by atoms with van der Waals surface area (Å²) in [5.41, 5.74) is 8.36. The molecule has 1 aromatic heterocycles. The molecule has 0 unspecified atom stereocenters. The Balaban J connectivity index is 1.97. The molecule has 1 aromatic carbocycles. The summed E-state index contributed by atoms with van der Waals surface area (Å²) < 4.78 is 46.0. The second-order valence-corrected chi connectivity index (χ2v) is 5.76. The number of aliphatic hydroxyl groups is 3. The molecular formula is C14H13F3N6O4. The number of rotatable bonds is 4. The first-order chi connectivity index (χ1) is 12.9. The highest BCUT2D eigenvalue weighted by Gasteiger charge is 2.45. The molecule has 13 heteroatoms. The first kappa shape index (κ1) is 19.1. The Kier molecular flexibility index (Phi) is 5.30. The molecule has 0 spiro atoms. The number of hydrogen-bond acceptors (Lipinski definition) is 7. The molecule has 10 nitrogen and oxygen atoms in total. The first-order valence-corrected chi connectivity index (χ1v) is 7.60. The van der Waals surface area contributed by atoms with E-state index in [1.165, 1.54) is 0 Å². The van der Waals surface area contributed by atoms with E-state index in [1.54, 1.807) is 0 Å². The zero-order valence-corrected chi connectivity index (χ0v) is 13.4. The van der Waals surface area contributed by atoms with E-state index in [-0.39, 0.29) is 11.3 Å². The highest BCUT2D eigenvalue weighted by molar-refractivity contribution is 5.57. The molecule has 3 N–H and O–H groups in total. The summed E-state index contributed by atoms with van der Waals surface area (Å²) in [6.07, 6.45) is -4.49. The molecule has 2 heterocycles. The molecule has 3 rings (SSSR count). The fraction of sp³-hybridized carbons (Fsp3) is 0.429. The topological polar surface area (TPSA) is 149 Å². The largest absolute Gasteiger partial charge is 0.394 e. The van der Waals surface area contributed by atoms with Crippen molar-refractivity contribution in [3.8, 4) is 11.3 Å². The number of aromatic nitrogens is 3. The molecule has 0 amide bonds. The summed E-state index contributed by atoms with van der Waals surface area (Å²) >= 11 is 0. The van der Waals surface area contributed by atoms with E-state index in [2.05, 4.69) is 20.3 Å². The maximum Gasteiger partial charge on any atom is 0.194 e. The van der Waals surface area contributed by atoms with Crippen molar-refractivity contribution in [3.63, 3.8) is 0 Å². The normalized spacial score (nSPS) is 28.0. The molecule has 0 radical (unpaired) electrons. The van der Waals surface area contributed by atoms with Gasteiger partial charge in [0.25, 0.3) is 0 Å². The number of aliphatic hydroxyl groups excluding tert-OH is 3. The molecule has 1 fully saturated rings. The van der Waals surface area contributed by atoms with Crippen LogP contribution in [0.5, 0.6) is 0 Å². The van der Waals surface area contributed by atoms with Crippen LogP contribution in [0.1, 0.15) is 6.04 Å². The monoisotopic (exact) mass is 386 g/mol. The minimum Gasteiger partial charge on any atom is -0.394 e. The van der Waals surface area contributed by atoms with Crippen molar-refractivity contribution in [2.75, 3.05) is 6.61 Å². The molecule has 0 saturated carbocycles. The molecular weight excluding hydrogens is 373 g/mol. The minimum absolute atomic E-state index is 0.0698. The fourth-order valence-electron chi connectivity index (χ4n) is 2.80. The average molecular weight is 386 g/mol. The van der Waals surface area contributed by atoms with Crippen LogP contribution >= 0.6 is 0 Å². The predicted octanol–water partition coefficient (Wildman–Crippen LogP) is 0.653. The molecule has 2 aromatic rings. The van der Waals surface area contributed by atoms with Crippen LogP contribution in [0, 0.1) is 17.5 Å². The van der Waals surface area contributed by atoms with Gasteiger partial charge in [-0.1, -0.05) is 10.3 Å². The van der Waals surface area contributed by atoms with Gasteiger partial charge in [0, 0.05) is 10.5 Å². The Hall–Kier alpha value is -2.70. The maximum absolute atomic E-state index is 13.4. The van der Waals surface area contributed by atoms with Crippen molar-refractivity contribution in [3.05, 3.63) is 46.2 Å². The van der Waals surface area contributed by atoms with Crippen molar-refractivity contribution in [2.45, 2.75) is 30.6 Å². The lowest BCUT2D eigenvalue weighted by Crippen LogP contribution is -2.55. The van der Waals surface area contributed by atoms with Crippen molar-refractivity contribution in [1.29, 1.82) is 0 Å². The van der Waals surface area contributed by atoms with Crippen molar-refractivity contribution < 1.29 is 33.2 Å². The highest BCUT2D eigenvalue weighted by Crippen LogP contribution is 2.31. The van der Waals surface area contributed by atoms with E-state index >= 15 is 0 Å². The third-order valence-electron chi connectivity index (χ3n) is 4.13. The molecule has 27 heavy (non-hydrogen) atoms. The number of halogens is 3. The Labute approximate surface area is 149 Å². The standard InChI is InChI=1S/C14H13F3N6O4/c15-6-1-5(2-7(16)10(6)17)8-3-23(22-19-8)11-12(25)9(4-24)27-14(13(11)26)20-21-18/h1-3,9,11-14,24-26H,4H2/t9-,11+,12+,13-,14-/m1/s1. The van der Waals surface area contributed by atoms with Gasteiger partial charge in [-0.15, -0.1) is 5.10 Å². The maximum atomic E-state index is 13.4. The van der Waals surface area contributed by atoms with Gasteiger partial charge in [0.15, 0.2) is 23.7 Å². The first-order valence-electron chi connectivity index (χ1n) is 7.60. The molecule has 1 aliphatic rings. The lowest BCUT2D eigenvalue weighted by Gasteiger charge is -2.40. The van der Waals surface area contributed by atoms with Gasteiger partial charge >= 0.3 is 0 Å². The van der Waals surface area contributed by atoms with Crippen LogP contribution in [0.25, 0.3) is 21.7 Å². The Morgan fingerprint density at radius 2 is 1.89 bits per heavy atom. The van der Waals surface area contributed by atoms with Gasteiger partial charge in [0.2, 0.25) is 0 Å². The van der Waals surface area contributed by atoms with E-state index in [9.17, 15) is 28.5 Å². The SMILES string of the molecule is [N-]=[N+]=N[C@@H]1O[C@H](CO)[C@H](O)[C@H](n2cc(-c3cc(F)c(F)c(F)c3)nn2)[C@H]1O. The van der Waals surface area contributed by atoms with Gasteiger partial charge in [-0.3, -0.25) is 0 Å². The summed E-state index contributed by atoms with van der Waals surface area (Å²) in [6.45, 7) is -0.641. The van der Waals surface area contributed by atoms with Crippen molar-refractivity contribution in [2.24, 2.45) is 5.11 Å². The van der Waals surface area contributed by atoms with Crippen molar-refractivity contribution in [1.82, 2.24) is 15.0 Å². The van der Waals surface area contributed by atoms with Crippen molar-refractivity contribution >= 4 is 0 Å². The number of nitrogens with zero attached hydrogens (tertiary/aromatic N) is 6. The molecule has 1 aliphatic heterocycles. The smallest absolute Gasteiger partial charge is 0.194 e. The molecule has 1 saturated heterocycles. The third-order valence-corrected chi connectivity index (χ3v) is 4.13. The number of ether oxygens (including phenoxy) is 1. The second-order valence-electron chi connectivity index (χ2n) is 5.76. The Morgan fingerprint density at radius 3 is 2.48 bits per heavy atom. The summed E-state index contributed by atoms with van der Waals surface area (Å²) in [4.78, 5) is 2.52. The van der Waals surface area contributed by atoms with Gasteiger partial charge < -0.3 is 20.1 Å². The van der Waals surface area contributed by atoms with E-state index in [4.69, 9.17) is 10.3 Å². The van der Waals surface area contributed by atoms with Gasteiger partial charge in [0.05, 0.1) is 12.8 Å². The summed E-state index contributed by atoms with van der Waals surface area (Å²) in [5, 5.41) is 40.6. The number of benzene rings is 1. The lowest BCUT2D eigenvalue weighted by molar-refractivity contribution is -0.203. The minimum atomic E-state index is -1.63. The zero-order chi connectivity index (χ0) is 19.7. The number of azide groups is 1. The van der Waals surface area contributed by atoms with Crippen LogP contribution < -0.4 is 0 Å². The number of hydrogen-bond donors (Lipinski definition) is 3. The lowest BCUT2D eigenvalue weighted by atomic mass is 9.96. The van der Waals surface area contributed by atoms with Crippen LogP contribution in [-0.4, -0.2) is 61.5 Å². The van der Waals surface area contributed by atoms with E-state index in [0.717, 1.165) is 10.9 Å². The summed E-state index contributed by atoms with van der Waals surface area (Å²) in [6, 6.07) is 0.175. The van der Waals surface area contributed by atoms with E-state index < -0.39 is 54.6 Å². The Morgan fingerprint density at radius 1 is 1.22 bits per heavy atom. The van der Waals surface area contributed by atoms with Crippen LogP contribution in [0.2, 0.25) is 0 Å². The van der Waals surface area contributed by atoms with E-state index in [1.807, 2.05) is 0 Å². The van der Waals surface area contributed by atoms with Gasteiger partial charge in [-0.05, 0) is 17.7 Å². The average Bonchev–Trinajstić information content (AvgIpc) is 3.11. The third kappa shape index (κ3) is 3.46. The summed E-state index contributed by atoms with van der Waals surface area (Å²) in [7, 11) is 0. The molecule has 5 atom stereocenters. The van der Waals surface area contributed by atoms with Gasteiger partial charge in [0.1, 0.15) is 30.0 Å². The quantitative estimate of drug-likeness (QED) is 0.304. The summed E-state index contributed by atoms with van der Waals surface area (Å²) in [5.74, 6) is -4.48. The van der Waals surface area contributed by atoms with E-state index in [0.29, 0.717) is 12.1 Å².